The number of hydrogen-bond acceptors (Lipinski definition) is 6. The summed E-state index contributed by atoms with van der Waals surface area (Å²) >= 11 is 1.45. The Hall–Kier alpha value is -2.54. The number of nitrogens with zero attached hydrogens (tertiary/aromatic N) is 3. The van der Waals surface area contributed by atoms with E-state index in [0.29, 0.717) is 16.7 Å². The normalized spacial score (nSPS) is 16.9. The van der Waals surface area contributed by atoms with Gasteiger partial charge in [0.05, 0.1) is 12.7 Å². The van der Waals surface area contributed by atoms with Gasteiger partial charge in [-0.1, -0.05) is 54.2 Å². The molecule has 0 fully saturated rings. The molecule has 1 aliphatic rings. The standard InChI is InChI=1S/C17H18N4O2S/c1-11-14(15(22)23-2)13(10-9-12-7-5-4-6-8-12)21-16(18-11)19-17(20-21)24-3/h4-10,13H,1-3H3,(H,18,19,20). The van der Waals surface area contributed by atoms with Gasteiger partial charge in [-0.25, -0.2) is 9.48 Å². The monoisotopic (exact) mass is 342 g/mol. The summed E-state index contributed by atoms with van der Waals surface area (Å²) in [7, 11) is 1.38. The minimum Gasteiger partial charge on any atom is -0.466 e. The van der Waals surface area contributed by atoms with Crippen LogP contribution >= 0.6 is 11.8 Å². The Morgan fingerprint density at radius 2 is 2.12 bits per heavy atom. The highest BCUT2D eigenvalue weighted by molar-refractivity contribution is 7.98. The highest BCUT2D eigenvalue weighted by atomic mass is 32.2. The summed E-state index contributed by atoms with van der Waals surface area (Å²) in [5.74, 6) is 0.238. The van der Waals surface area contributed by atoms with Crippen molar-refractivity contribution in [2.24, 2.45) is 0 Å². The van der Waals surface area contributed by atoms with E-state index >= 15 is 0 Å². The molecule has 0 spiro atoms. The molecule has 0 bridgehead atoms. The Morgan fingerprint density at radius 1 is 1.38 bits per heavy atom. The summed E-state index contributed by atoms with van der Waals surface area (Å²) in [6, 6.07) is 9.53. The van der Waals surface area contributed by atoms with Crippen molar-refractivity contribution in [1.82, 2.24) is 14.8 Å². The lowest BCUT2D eigenvalue weighted by Crippen LogP contribution is -2.27. The molecule has 0 saturated carbocycles. The second kappa shape index (κ2) is 6.92. The van der Waals surface area contributed by atoms with Crippen molar-refractivity contribution in [3.8, 4) is 0 Å². The molecular formula is C17H18N4O2S. The first-order valence-corrected chi connectivity index (χ1v) is 8.66. The topological polar surface area (TPSA) is 69.0 Å². The number of nitrogens with one attached hydrogen (secondary N) is 1. The Kier molecular flexibility index (Phi) is 4.71. The zero-order chi connectivity index (χ0) is 17.1. The molecule has 1 aromatic heterocycles. The lowest BCUT2D eigenvalue weighted by atomic mass is 10.0. The van der Waals surface area contributed by atoms with Gasteiger partial charge in [-0.3, -0.25) is 0 Å². The van der Waals surface area contributed by atoms with E-state index in [-0.39, 0.29) is 12.0 Å². The average molecular weight is 342 g/mol. The maximum atomic E-state index is 12.3. The summed E-state index contributed by atoms with van der Waals surface area (Å²) in [4.78, 5) is 16.7. The highest BCUT2D eigenvalue weighted by Gasteiger charge is 2.31. The summed E-state index contributed by atoms with van der Waals surface area (Å²) in [6.45, 7) is 1.84. The van der Waals surface area contributed by atoms with E-state index in [4.69, 9.17) is 4.74 Å². The molecule has 7 heteroatoms. The van der Waals surface area contributed by atoms with E-state index in [2.05, 4.69) is 15.4 Å². The van der Waals surface area contributed by atoms with Gasteiger partial charge in [0.2, 0.25) is 11.1 Å². The van der Waals surface area contributed by atoms with E-state index in [9.17, 15) is 4.79 Å². The number of fused-ring (bicyclic) bond motifs is 1. The third kappa shape index (κ3) is 3.07. The van der Waals surface area contributed by atoms with Crippen LogP contribution in [0.3, 0.4) is 0 Å². The lowest BCUT2D eigenvalue weighted by Gasteiger charge is -2.25. The largest absolute Gasteiger partial charge is 0.466 e. The summed E-state index contributed by atoms with van der Waals surface area (Å²) in [6.07, 6.45) is 5.82. The van der Waals surface area contributed by atoms with Gasteiger partial charge in [-0.05, 0) is 18.7 Å². The smallest absolute Gasteiger partial charge is 0.338 e. The minimum atomic E-state index is -0.380. The van der Waals surface area contributed by atoms with Crippen LogP contribution in [0.25, 0.3) is 6.08 Å². The van der Waals surface area contributed by atoms with Crippen LogP contribution in [-0.4, -0.2) is 34.1 Å². The number of methoxy groups -OCH3 is 1. The van der Waals surface area contributed by atoms with E-state index in [1.54, 1.807) is 4.68 Å². The lowest BCUT2D eigenvalue weighted by molar-refractivity contribution is -0.136. The number of esters is 1. The van der Waals surface area contributed by atoms with Crippen LogP contribution < -0.4 is 5.32 Å². The fourth-order valence-corrected chi connectivity index (χ4v) is 2.92. The zero-order valence-corrected chi connectivity index (χ0v) is 14.5. The molecule has 1 unspecified atom stereocenters. The molecule has 1 aromatic carbocycles. The number of aromatic nitrogens is 3. The van der Waals surface area contributed by atoms with E-state index in [0.717, 1.165) is 11.3 Å². The molecule has 1 aliphatic heterocycles. The van der Waals surface area contributed by atoms with E-state index in [1.165, 1.54) is 18.9 Å². The number of ether oxygens (including phenoxy) is 1. The number of anilines is 1. The molecule has 2 heterocycles. The van der Waals surface area contributed by atoms with Crippen molar-refractivity contribution in [3.63, 3.8) is 0 Å². The van der Waals surface area contributed by atoms with Gasteiger partial charge in [0.1, 0.15) is 6.04 Å². The van der Waals surface area contributed by atoms with Crippen LogP contribution in [0, 0.1) is 0 Å². The fraction of sp³-hybridized carbons (Fsp3) is 0.235. The van der Waals surface area contributed by atoms with Crippen molar-refractivity contribution >= 4 is 29.8 Å². The summed E-state index contributed by atoms with van der Waals surface area (Å²) in [5.41, 5.74) is 2.29. The number of carbonyl (C=O) groups is 1. The summed E-state index contributed by atoms with van der Waals surface area (Å²) < 4.78 is 6.67. The van der Waals surface area contributed by atoms with Gasteiger partial charge in [-0.2, -0.15) is 4.98 Å². The van der Waals surface area contributed by atoms with Crippen LogP contribution in [0.5, 0.6) is 0 Å². The van der Waals surface area contributed by atoms with Crippen molar-refractivity contribution in [2.45, 2.75) is 18.1 Å². The van der Waals surface area contributed by atoms with Crippen molar-refractivity contribution < 1.29 is 9.53 Å². The Balaban J connectivity index is 2.05. The number of rotatable bonds is 4. The van der Waals surface area contributed by atoms with Gasteiger partial charge in [0.15, 0.2) is 0 Å². The molecule has 0 radical (unpaired) electrons. The molecule has 24 heavy (non-hydrogen) atoms. The SMILES string of the molecule is COC(=O)C1=C(C)Nc2nc(SC)nn2C1C=Cc1ccccc1. The molecule has 1 atom stereocenters. The van der Waals surface area contributed by atoms with Crippen LogP contribution in [0.15, 0.2) is 52.8 Å². The number of allylic oxidation sites excluding steroid dienone is 2. The molecular weight excluding hydrogens is 324 g/mol. The predicted molar refractivity (Wildman–Crippen MR) is 94.7 cm³/mol. The molecule has 124 valence electrons. The first-order valence-electron chi connectivity index (χ1n) is 7.44. The van der Waals surface area contributed by atoms with Gasteiger partial charge in [-0.15, -0.1) is 5.10 Å². The number of carbonyl (C=O) groups excluding carboxylic acids is 1. The highest BCUT2D eigenvalue weighted by Crippen LogP contribution is 2.33. The molecule has 0 aliphatic carbocycles. The van der Waals surface area contributed by atoms with E-state index < -0.39 is 0 Å². The Morgan fingerprint density at radius 3 is 2.79 bits per heavy atom. The van der Waals surface area contributed by atoms with Crippen molar-refractivity contribution in [3.05, 3.63) is 53.2 Å². The fourth-order valence-electron chi connectivity index (χ4n) is 2.58. The molecule has 3 rings (SSSR count). The van der Waals surface area contributed by atoms with Crippen molar-refractivity contribution in [2.75, 3.05) is 18.7 Å². The second-order valence-electron chi connectivity index (χ2n) is 5.24. The van der Waals surface area contributed by atoms with Crippen LogP contribution in [0.4, 0.5) is 5.95 Å². The number of benzene rings is 1. The molecule has 1 N–H and O–H groups in total. The number of hydrogen-bond donors (Lipinski definition) is 1. The van der Waals surface area contributed by atoms with E-state index in [1.807, 2.05) is 55.7 Å². The maximum Gasteiger partial charge on any atom is 0.338 e. The molecule has 2 aromatic rings. The first kappa shape index (κ1) is 16.3. The average Bonchev–Trinajstić information content (AvgIpc) is 3.02. The van der Waals surface area contributed by atoms with Crippen LogP contribution in [0.1, 0.15) is 18.5 Å². The van der Waals surface area contributed by atoms with Crippen LogP contribution in [0.2, 0.25) is 0 Å². The third-order valence-corrected chi connectivity index (χ3v) is 4.27. The third-order valence-electron chi connectivity index (χ3n) is 3.73. The zero-order valence-electron chi connectivity index (χ0n) is 13.7. The predicted octanol–water partition coefficient (Wildman–Crippen LogP) is 3.13. The van der Waals surface area contributed by atoms with Crippen LogP contribution in [-0.2, 0) is 9.53 Å². The Bertz CT molecular complexity index is 811. The molecule has 0 amide bonds. The molecule has 0 saturated heterocycles. The maximum absolute atomic E-state index is 12.3. The summed E-state index contributed by atoms with van der Waals surface area (Å²) in [5, 5.41) is 8.25. The van der Waals surface area contributed by atoms with Gasteiger partial charge in [0.25, 0.3) is 0 Å². The van der Waals surface area contributed by atoms with Gasteiger partial charge < -0.3 is 10.1 Å². The second-order valence-corrected chi connectivity index (χ2v) is 6.01. The number of thioether (sulfide) groups is 1. The quantitative estimate of drug-likeness (QED) is 0.680. The molecule has 6 nitrogen and oxygen atoms in total. The van der Waals surface area contributed by atoms with Gasteiger partial charge in [0, 0.05) is 5.70 Å². The van der Waals surface area contributed by atoms with Crippen molar-refractivity contribution in [1.29, 1.82) is 0 Å². The van der Waals surface area contributed by atoms with Gasteiger partial charge >= 0.3 is 5.97 Å². The minimum absolute atomic E-state index is 0.373. The Labute approximate surface area is 144 Å². The first-order chi connectivity index (χ1) is 11.6.